The van der Waals surface area contributed by atoms with E-state index in [1.807, 2.05) is 0 Å². The number of carboxylic acid groups (broad SMARTS) is 1. The topological polar surface area (TPSA) is 99.4 Å². The van der Waals surface area contributed by atoms with E-state index in [0.717, 1.165) is 63.1 Å². The summed E-state index contributed by atoms with van der Waals surface area (Å²) in [6, 6.07) is 3.81. The van der Waals surface area contributed by atoms with E-state index in [9.17, 15) is 14.9 Å². The summed E-state index contributed by atoms with van der Waals surface area (Å²) < 4.78 is 5.83. The van der Waals surface area contributed by atoms with Crippen LogP contribution in [0.4, 0.5) is 16.2 Å². The predicted molar refractivity (Wildman–Crippen MR) is 113 cm³/mol. The Balaban J connectivity index is 1.44. The first-order valence-corrected chi connectivity index (χ1v) is 10.5. The Morgan fingerprint density at radius 2 is 1.80 bits per heavy atom. The molecule has 0 unspecified atom stereocenters. The number of benzene rings is 1. The van der Waals surface area contributed by atoms with Crippen LogP contribution in [0.1, 0.15) is 31.2 Å². The molecule has 2 saturated heterocycles. The molecule has 162 valence electrons. The number of hydrogen-bond acceptors (Lipinski definition) is 6. The molecule has 3 aliphatic rings. The number of hydrogen-bond donors (Lipinski definition) is 1. The molecule has 4 rings (SSSR count). The Morgan fingerprint density at radius 3 is 2.33 bits per heavy atom. The minimum Gasteiger partial charge on any atom is -0.483 e. The van der Waals surface area contributed by atoms with Crippen LogP contribution in [-0.2, 0) is 0 Å². The van der Waals surface area contributed by atoms with Gasteiger partial charge in [0.1, 0.15) is 0 Å². The van der Waals surface area contributed by atoms with Crippen LogP contribution >= 0.6 is 0 Å². The number of amides is 1. The van der Waals surface area contributed by atoms with Crippen molar-refractivity contribution in [2.75, 3.05) is 44.2 Å². The lowest BCUT2D eigenvalue weighted by Crippen LogP contribution is -2.54. The monoisotopic (exact) mass is 416 g/mol. The van der Waals surface area contributed by atoms with Gasteiger partial charge in [0.05, 0.1) is 11.0 Å². The second-order valence-corrected chi connectivity index (χ2v) is 8.18. The van der Waals surface area contributed by atoms with Gasteiger partial charge in [-0.3, -0.25) is 15.0 Å². The molecule has 1 aliphatic carbocycles. The Kier molecular flexibility index (Phi) is 5.80. The summed E-state index contributed by atoms with van der Waals surface area (Å²) in [5, 5.41) is 20.6. The van der Waals surface area contributed by atoms with Crippen molar-refractivity contribution in [3.63, 3.8) is 0 Å². The molecule has 2 aliphatic heterocycles. The van der Waals surface area contributed by atoms with Gasteiger partial charge in [-0.1, -0.05) is 12.7 Å². The molecule has 0 bridgehead atoms. The predicted octanol–water partition coefficient (Wildman–Crippen LogP) is 3.04. The fraction of sp³-hybridized carbons (Fsp3) is 0.571. The Bertz CT molecular complexity index is 825. The van der Waals surface area contributed by atoms with Gasteiger partial charge in [-0.25, -0.2) is 4.79 Å². The Hall–Kier alpha value is -2.81. The smallest absolute Gasteiger partial charge is 0.407 e. The van der Waals surface area contributed by atoms with E-state index in [1.54, 1.807) is 18.2 Å². The minimum atomic E-state index is -0.844. The number of anilines is 1. The molecule has 1 saturated carbocycles. The number of ether oxygens (including phenoxy) is 1. The van der Waals surface area contributed by atoms with Crippen LogP contribution in [-0.4, -0.2) is 77.3 Å². The Morgan fingerprint density at radius 1 is 1.13 bits per heavy atom. The van der Waals surface area contributed by atoms with Crippen molar-refractivity contribution in [3.05, 3.63) is 34.4 Å². The zero-order valence-electron chi connectivity index (χ0n) is 17.0. The van der Waals surface area contributed by atoms with E-state index in [4.69, 9.17) is 9.84 Å². The van der Waals surface area contributed by atoms with Crippen LogP contribution in [0.2, 0.25) is 0 Å². The van der Waals surface area contributed by atoms with E-state index in [0.29, 0.717) is 24.9 Å². The number of nitro benzene ring substituents is 1. The van der Waals surface area contributed by atoms with Crippen molar-refractivity contribution >= 4 is 23.5 Å². The number of nitro groups is 1. The van der Waals surface area contributed by atoms with Gasteiger partial charge in [0, 0.05) is 68.7 Å². The van der Waals surface area contributed by atoms with Gasteiger partial charge in [0.25, 0.3) is 0 Å². The van der Waals surface area contributed by atoms with Crippen LogP contribution in [0.3, 0.4) is 0 Å². The van der Waals surface area contributed by atoms with Crippen molar-refractivity contribution in [1.82, 2.24) is 9.80 Å². The maximum Gasteiger partial charge on any atom is 0.407 e. The Labute approximate surface area is 175 Å². The van der Waals surface area contributed by atoms with Gasteiger partial charge in [-0.15, -0.1) is 0 Å². The molecule has 1 N–H and O–H groups in total. The van der Waals surface area contributed by atoms with Crippen molar-refractivity contribution < 1.29 is 19.6 Å². The van der Waals surface area contributed by atoms with Gasteiger partial charge in [-0.05, 0) is 25.7 Å². The van der Waals surface area contributed by atoms with E-state index >= 15 is 0 Å². The van der Waals surface area contributed by atoms with Gasteiger partial charge in [0.2, 0.25) is 0 Å². The highest BCUT2D eigenvalue weighted by atomic mass is 16.6. The molecule has 2 heterocycles. The summed E-state index contributed by atoms with van der Waals surface area (Å²) in [6.45, 7) is 8.18. The normalized spacial score (nSPS) is 20.8. The summed E-state index contributed by atoms with van der Waals surface area (Å²) in [5.74, 6) is 0.343. The molecule has 0 spiro atoms. The van der Waals surface area contributed by atoms with E-state index in [1.165, 1.54) is 4.90 Å². The first-order chi connectivity index (χ1) is 14.5. The minimum absolute atomic E-state index is 0.00765. The molecule has 1 aromatic carbocycles. The SMILES string of the molecule is C=Cc1cc([N+](=O)[O-])c(OC2CC2)cc1N1CCC(N2CCN(C(=O)O)CC2)CC1. The lowest BCUT2D eigenvalue weighted by molar-refractivity contribution is -0.385. The molecule has 0 radical (unpaired) electrons. The van der Waals surface area contributed by atoms with Crippen LogP contribution < -0.4 is 9.64 Å². The molecule has 0 atom stereocenters. The van der Waals surface area contributed by atoms with Crippen LogP contribution in [0, 0.1) is 10.1 Å². The van der Waals surface area contributed by atoms with E-state index in [2.05, 4.69) is 16.4 Å². The molecule has 0 aromatic heterocycles. The number of nitrogens with zero attached hydrogens (tertiary/aromatic N) is 4. The maximum absolute atomic E-state index is 11.5. The summed E-state index contributed by atoms with van der Waals surface area (Å²) in [7, 11) is 0. The van der Waals surface area contributed by atoms with E-state index < -0.39 is 11.0 Å². The number of piperidine rings is 1. The van der Waals surface area contributed by atoms with Crippen molar-refractivity contribution in [2.45, 2.75) is 37.8 Å². The highest BCUT2D eigenvalue weighted by Gasteiger charge is 2.32. The molecule has 9 heteroatoms. The van der Waals surface area contributed by atoms with Gasteiger partial charge >= 0.3 is 11.8 Å². The largest absolute Gasteiger partial charge is 0.483 e. The summed E-state index contributed by atoms with van der Waals surface area (Å²) in [5.41, 5.74) is 1.67. The third-order valence-electron chi connectivity index (χ3n) is 6.25. The highest BCUT2D eigenvalue weighted by molar-refractivity contribution is 5.73. The highest BCUT2D eigenvalue weighted by Crippen LogP contribution is 2.40. The van der Waals surface area contributed by atoms with Gasteiger partial charge in [-0.2, -0.15) is 0 Å². The zero-order chi connectivity index (χ0) is 21.3. The van der Waals surface area contributed by atoms with E-state index in [-0.39, 0.29) is 11.8 Å². The van der Waals surface area contributed by atoms with Crippen LogP contribution in [0.25, 0.3) is 6.08 Å². The second-order valence-electron chi connectivity index (χ2n) is 8.18. The molecule has 30 heavy (non-hydrogen) atoms. The molecule has 1 amide bonds. The first-order valence-electron chi connectivity index (χ1n) is 10.5. The maximum atomic E-state index is 11.5. The van der Waals surface area contributed by atoms with Gasteiger partial charge < -0.3 is 19.6 Å². The summed E-state index contributed by atoms with van der Waals surface area (Å²) in [6.07, 6.45) is 4.73. The third kappa shape index (κ3) is 4.35. The quantitative estimate of drug-likeness (QED) is 0.562. The first kappa shape index (κ1) is 20.5. The standard InChI is InChI=1S/C21H28N4O5/c1-2-15-13-19(25(28)29)20(30-17-3-4-17)14-18(15)23-7-5-16(6-8-23)22-9-11-24(12-10-22)21(26)27/h2,13-14,16-17H,1,3-12H2,(H,26,27). The van der Waals surface area contributed by atoms with Crippen LogP contribution in [0.5, 0.6) is 5.75 Å². The summed E-state index contributed by atoms with van der Waals surface area (Å²) >= 11 is 0. The number of rotatable bonds is 6. The molecule has 1 aromatic rings. The lowest BCUT2D eigenvalue weighted by Gasteiger charge is -2.43. The third-order valence-corrected chi connectivity index (χ3v) is 6.25. The van der Waals surface area contributed by atoms with Gasteiger partial charge in [0.15, 0.2) is 5.75 Å². The van der Waals surface area contributed by atoms with Crippen molar-refractivity contribution in [2.24, 2.45) is 0 Å². The molecular formula is C21H28N4O5. The van der Waals surface area contributed by atoms with Crippen molar-refractivity contribution in [3.8, 4) is 5.75 Å². The zero-order valence-corrected chi connectivity index (χ0v) is 17.0. The summed E-state index contributed by atoms with van der Waals surface area (Å²) in [4.78, 5) is 28.3. The second kappa shape index (κ2) is 8.51. The fourth-order valence-electron chi connectivity index (χ4n) is 4.36. The van der Waals surface area contributed by atoms with Crippen molar-refractivity contribution in [1.29, 1.82) is 0 Å². The number of carbonyl (C=O) groups is 1. The average molecular weight is 416 g/mol. The molecular weight excluding hydrogens is 388 g/mol. The molecule has 9 nitrogen and oxygen atoms in total. The fourth-order valence-corrected chi connectivity index (χ4v) is 4.36. The molecule has 3 fully saturated rings. The average Bonchev–Trinajstić information content (AvgIpc) is 3.57. The van der Waals surface area contributed by atoms with Crippen LogP contribution in [0.15, 0.2) is 18.7 Å². The number of piperazine rings is 1. The lowest BCUT2D eigenvalue weighted by atomic mass is 10.00.